The van der Waals surface area contributed by atoms with Crippen molar-refractivity contribution in [3.05, 3.63) is 136 Å². The van der Waals surface area contributed by atoms with Crippen molar-refractivity contribution in [1.29, 1.82) is 0 Å². The molecule has 0 unspecified atom stereocenters. The molecule has 0 aliphatic rings. The second kappa shape index (κ2) is 9.54. The van der Waals surface area contributed by atoms with Gasteiger partial charge in [0.25, 0.3) is 5.56 Å². The molecular formula is C29H20F3N3O. The Balaban J connectivity index is 1.52. The Hall–Kier alpha value is -4.65. The largest absolute Gasteiger partial charge is 0.417 e. The first-order chi connectivity index (χ1) is 17.4. The van der Waals surface area contributed by atoms with Gasteiger partial charge in [-0.3, -0.25) is 10.2 Å². The van der Waals surface area contributed by atoms with Crippen LogP contribution in [0, 0.1) is 0 Å². The summed E-state index contributed by atoms with van der Waals surface area (Å²) in [7, 11) is 0. The molecule has 4 aromatic carbocycles. The zero-order chi connectivity index (χ0) is 25.1. The van der Waals surface area contributed by atoms with Crippen molar-refractivity contribution in [3.8, 4) is 11.3 Å². The van der Waals surface area contributed by atoms with E-state index < -0.39 is 17.3 Å². The highest BCUT2D eigenvalue weighted by atomic mass is 19.4. The summed E-state index contributed by atoms with van der Waals surface area (Å²) in [5.41, 5.74) is 4.89. The van der Waals surface area contributed by atoms with Crippen LogP contribution in [0.5, 0.6) is 0 Å². The molecule has 5 rings (SSSR count). The zero-order valence-electron chi connectivity index (χ0n) is 18.9. The number of hydrogen-bond donors (Lipinski definition) is 2. The first-order valence-corrected chi connectivity index (χ1v) is 11.2. The van der Waals surface area contributed by atoms with Crippen molar-refractivity contribution in [3.63, 3.8) is 0 Å². The standard InChI is InChI=1S/C29H20F3N3O/c30-29(31,32)25-14-8-7-13-23(25)26-17-21-15-16-22(18-24(21)28(36)33-26)34-35-27(19-9-3-1-4-10-19)20-11-5-2-6-12-20/h1-18,34H,(H,33,36). The summed E-state index contributed by atoms with van der Waals surface area (Å²) >= 11 is 0. The molecule has 0 amide bonds. The van der Waals surface area contributed by atoms with Crippen LogP contribution < -0.4 is 11.0 Å². The lowest BCUT2D eigenvalue weighted by atomic mass is 10.0. The van der Waals surface area contributed by atoms with Crippen LogP contribution in [-0.4, -0.2) is 10.7 Å². The van der Waals surface area contributed by atoms with E-state index in [0.29, 0.717) is 16.5 Å². The molecule has 1 aromatic heterocycles. The van der Waals surface area contributed by atoms with E-state index in [1.54, 1.807) is 24.3 Å². The normalized spacial score (nSPS) is 11.3. The molecule has 0 aliphatic carbocycles. The Labute approximate surface area is 204 Å². The van der Waals surface area contributed by atoms with E-state index in [0.717, 1.165) is 22.9 Å². The highest BCUT2D eigenvalue weighted by molar-refractivity contribution is 6.13. The lowest BCUT2D eigenvalue weighted by Gasteiger charge is -2.13. The minimum atomic E-state index is -4.54. The molecule has 5 aromatic rings. The van der Waals surface area contributed by atoms with Crippen LogP contribution in [0.2, 0.25) is 0 Å². The fourth-order valence-electron chi connectivity index (χ4n) is 4.05. The van der Waals surface area contributed by atoms with Gasteiger partial charge < -0.3 is 4.98 Å². The number of halogens is 3. The van der Waals surface area contributed by atoms with Crippen LogP contribution in [0.4, 0.5) is 18.9 Å². The number of rotatable bonds is 5. The maximum Gasteiger partial charge on any atom is 0.417 e. The van der Waals surface area contributed by atoms with Gasteiger partial charge >= 0.3 is 6.18 Å². The number of nitrogens with zero attached hydrogens (tertiary/aromatic N) is 1. The molecule has 0 bridgehead atoms. The van der Waals surface area contributed by atoms with Crippen molar-refractivity contribution in [1.82, 2.24) is 4.98 Å². The summed E-state index contributed by atoms with van der Waals surface area (Å²) < 4.78 is 40.5. The number of hydrazone groups is 1. The van der Waals surface area contributed by atoms with Gasteiger partial charge in [0.1, 0.15) is 0 Å². The lowest BCUT2D eigenvalue weighted by molar-refractivity contribution is -0.137. The van der Waals surface area contributed by atoms with E-state index in [4.69, 9.17) is 0 Å². The van der Waals surface area contributed by atoms with Gasteiger partial charge in [-0.15, -0.1) is 0 Å². The summed E-state index contributed by atoms with van der Waals surface area (Å²) in [6, 6.07) is 31.2. The van der Waals surface area contributed by atoms with Crippen LogP contribution in [0.25, 0.3) is 22.0 Å². The molecule has 0 aliphatic heterocycles. The van der Waals surface area contributed by atoms with Crippen LogP contribution in [0.1, 0.15) is 16.7 Å². The number of aromatic nitrogens is 1. The van der Waals surface area contributed by atoms with E-state index in [2.05, 4.69) is 15.5 Å². The first kappa shape index (κ1) is 23.1. The third-order valence-corrected chi connectivity index (χ3v) is 5.76. The highest BCUT2D eigenvalue weighted by Gasteiger charge is 2.33. The molecule has 0 atom stereocenters. The van der Waals surface area contributed by atoms with Crippen LogP contribution >= 0.6 is 0 Å². The molecule has 0 spiro atoms. The second-order valence-electron chi connectivity index (χ2n) is 8.16. The number of alkyl halides is 3. The fraction of sp³-hybridized carbons (Fsp3) is 0.0345. The van der Waals surface area contributed by atoms with Crippen molar-refractivity contribution in [2.45, 2.75) is 6.18 Å². The van der Waals surface area contributed by atoms with Crippen LogP contribution in [0.3, 0.4) is 0 Å². The minimum absolute atomic E-state index is 0.0776. The summed E-state index contributed by atoms with van der Waals surface area (Å²) in [6.45, 7) is 0. The van der Waals surface area contributed by atoms with Crippen molar-refractivity contribution < 1.29 is 13.2 Å². The number of nitrogens with one attached hydrogen (secondary N) is 2. The predicted octanol–water partition coefficient (Wildman–Crippen LogP) is 7.08. The summed E-state index contributed by atoms with van der Waals surface area (Å²) in [4.78, 5) is 15.5. The third-order valence-electron chi connectivity index (χ3n) is 5.76. The maximum atomic E-state index is 13.5. The number of anilines is 1. The van der Waals surface area contributed by atoms with Gasteiger partial charge in [0, 0.05) is 27.8 Å². The number of fused-ring (bicyclic) bond motifs is 1. The fourth-order valence-corrected chi connectivity index (χ4v) is 4.05. The molecule has 7 heteroatoms. The van der Waals surface area contributed by atoms with Crippen molar-refractivity contribution >= 4 is 22.2 Å². The van der Waals surface area contributed by atoms with E-state index in [1.165, 1.54) is 18.2 Å². The Morgan fingerprint density at radius 2 is 1.36 bits per heavy atom. The smallest absolute Gasteiger partial charge is 0.321 e. The third kappa shape index (κ3) is 4.77. The Bertz CT molecular complexity index is 1570. The molecule has 0 fully saturated rings. The second-order valence-corrected chi connectivity index (χ2v) is 8.16. The number of pyridine rings is 1. The van der Waals surface area contributed by atoms with Crippen LogP contribution in [-0.2, 0) is 6.18 Å². The molecule has 1 heterocycles. The Kier molecular flexibility index (Phi) is 6.12. The summed E-state index contributed by atoms with van der Waals surface area (Å²) in [5, 5.41) is 5.46. The van der Waals surface area contributed by atoms with Gasteiger partial charge in [-0.25, -0.2) is 0 Å². The minimum Gasteiger partial charge on any atom is -0.321 e. The lowest BCUT2D eigenvalue weighted by Crippen LogP contribution is -2.11. The number of H-pyrrole nitrogens is 1. The molecular weight excluding hydrogens is 463 g/mol. The molecule has 0 saturated heterocycles. The van der Waals surface area contributed by atoms with Gasteiger partial charge in [-0.05, 0) is 29.7 Å². The predicted molar refractivity (Wildman–Crippen MR) is 137 cm³/mol. The Morgan fingerprint density at radius 3 is 2.00 bits per heavy atom. The molecule has 0 saturated carbocycles. The van der Waals surface area contributed by atoms with Gasteiger partial charge in [-0.1, -0.05) is 84.9 Å². The van der Waals surface area contributed by atoms with Gasteiger partial charge in [0.2, 0.25) is 0 Å². The molecule has 0 radical (unpaired) electrons. The van der Waals surface area contributed by atoms with Crippen molar-refractivity contribution in [2.24, 2.45) is 5.10 Å². The number of aromatic amines is 1. The SMILES string of the molecule is O=c1[nH]c(-c2ccccc2C(F)(F)F)cc2ccc(NN=C(c3ccccc3)c3ccccc3)cc12. The number of benzene rings is 4. The quantitative estimate of drug-likeness (QED) is 0.207. The van der Waals surface area contributed by atoms with E-state index >= 15 is 0 Å². The Morgan fingerprint density at radius 1 is 0.750 bits per heavy atom. The van der Waals surface area contributed by atoms with E-state index in [9.17, 15) is 18.0 Å². The molecule has 178 valence electrons. The van der Waals surface area contributed by atoms with Crippen LogP contribution in [0.15, 0.2) is 119 Å². The zero-order valence-corrected chi connectivity index (χ0v) is 18.9. The average Bonchev–Trinajstić information content (AvgIpc) is 2.90. The molecule has 36 heavy (non-hydrogen) atoms. The van der Waals surface area contributed by atoms with Gasteiger partial charge in [-0.2, -0.15) is 18.3 Å². The van der Waals surface area contributed by atoms with Crippen molar-refractivity contribution in [2.75, 3.05) is 5.43 Å². The maximum absolute atomic E-state index is 13.5. The summed E-state index contributed by atoms with van der Waals surface area (Å²) in [5.74, 6) is 0. The van der Waals surface area contributed by atoms with E-state index in [-0.39, 0.29) is 11.3 Å². The average molecular weight is 483 g/mol. The van der Waals surface area contributed by atoms with Gasteiger partial charge in [0.15, 0.2) is 0 Å². The van der Waals surface area contributed by atoms with Gasteiger partial charge in [0.05, 0.1) is 17.0 Å². The molecule has 2 N–H and O–H groups in total. The summed E-state index contributed by atoms with van der Waals surface area (Å²) in [6.07, 6.45) is -4.54. The first-order valence-electron chi connectivity index (χ1n) is 11.2. The highest BCUT2D eigenvalue weighted by Crippen LogP contribution is 2.36. The monoisotopic (exact) mass is 483 g/mol. The van der Waals surface area contributed by atoms with E-state index in [1.807, 2.05) is 60.7 Å². The topological polar surface area (TPSA) is 57.2 Å². The molecule has 4 nitrogen and oxygen atoms in total. The number of hydrogen-bond acceptors (Lipinski definition) is 3.